The largest absolute Gasteiger partial charge is 0.481 e. The summed E-state index contributed by atoms with van der Waals surface area (Å²) in [6.45, 7) is 5.31. The van der Waals surface area contributed by atoms with Crippen LogP contribution in [-0.4, -0.2) is 53.0 Å². The van der Waals surface area contributed by atoms with E-state index in [9.17, 15) is 14.4 Å². The second-order valence-corrected chi connectivity index (χ2v) is 6.99. The lowest BCUT2D eigenvalue weighted by atomic mass is 9.85. The van der Waals surface area contributed by atoms with Gasteiger partial charge in [-0.2, -0.15) is 11.8 Å². The lowest BCUT2D eigenvalue weighted by molar-refractivity contribution is -0.139. The fourth-order valence-corrected chi connectivity index (χ4v) is 2.42. The van der Waals surface area contributed by atoms with Crippen LogP contribution in [0.1, 0.15) is 40.0 Å². The number of carboxylic acids is 1. The van der Waals surface area contributed by atoms with Crippen molar-refractivity contribution in [1.82, 2.24) is 10.2 Å². The molecule has 6 nitrogen and oxygen atoms in total. The van der Waals surface area contributed by atoms with Crippen molar-refractivity contribution in [2.75, 3.05) is 19.1 Å². The van der Waals surface area contributed by atoms with Crippen molar-refractivity contribution in [2.45, 2.75) is 46.1 Å². The highest BCUT2D eigenvalue weighted by Crippen LogP contribution is 2.24. The molecule has 0 bridgehead atoms. The molecule has 0 aliphatic carbocycles. The first-order valence-corrected chi connectivity index (χ1v) is 8.26. The van der Waals surface area contributed by atoms with Gasteiger partial charge in [0.25, 0.3) is 0 Å². The Morgan fingerprint density at radius 2 is 1.86 bits per heavy atom. The molecule has 0 aliphatic heterocycles. The molecule has 0 fully saturated rings. The van der Waals surface area contributed by atoms with E-state index in [4.69, 9.17) is 5.11 Å². The third-order valence-electron chi connectivity index (χ3n) is 3.24. The molecule has 0 heterocycles. The van der Waals surface area contributed by atoms with Crippen LogP contribution in [0.2, 0.25) is 0 Å². The molecular formula is C14H26N2O4S. The minimum atomic E-state index is -0.957. The van der Waals surface area contributed by atoms with Crippen LogP contribution in [0, 0.1) is 5.41 Å². The summed E-state index contributed by atoms with van der Waals surface area (Å²) in [5.74, 6) is -0.463. The van der Waals surface area contributed by atoms with E-state index in [0.717, 1.165) is 12.2 Å². The van der Waals surface area contributed by atoms with Crippen LogP contribution in [-0.2, 0) is 9.59 Å². The molecule has 21 heavy (non-hydrogen) atoms. The predicted octanol–water partition coefficient (Wildman–Crippen LogP) is 2.19. The van der Waals surface area contributed by atoms with E-state index < -0.39 is 23.3 Å². The van der Waals surface area contributed by atoms with Crippen molar-refractivity contribution in [3.05, 3.63) is 0 Å². The Morgan fingerprint density at radius 1 is 1.29 bits per heavy atom. The molecule has 1 atom stereocenters. The second-order valence-electron chi connectivity index (χ2n) is 6.01. The van der Waals surface area contributed by atoms with Gasteiger partial charge in [0.2, 0.25) is 5.91 Å². The van der Waals surface area contributed by atoms with Crippen molar-refractivity contribution < 1.29 is 19.5 Å². The second kappa shape index (κ2) is 8.92. The molecule has 0 saturated heterocycles. The Balaban J connectivity index is 4.37. The molecule has 0 aliphatic rings. The smallest absolute Gasteiger partial charge is 0.324 e. The van der Waals surface area contributed by atoms with Crippen molar-refractivity contribution in [3.63, 3.8) is 0 Å². The van der Waals surface area contributed by atoms with Gasteiger partial charge < -0.3 is 10.0 Å². The maximum Gasteiger partial charge on any atom is 0.324 e. The lowest BCUT2D eigenvalue weighted by Gasteiger charge is -2.26. The average Bonchev–Trinajstić information content (AvgIpc) is 2.31. The normalized spacial score (nSPS) is 12.6. The van der Waals surface area contributed by atoms with Crippen molar-refractivity contribution in [2.24, 2.45) is 5.41 Å². The summed E-state index contributed by atoms with van der Waals surface area (Å²) < 4.78 is 0. The molecule has 0 aromatic heterocycles. The predicted molar refractivity (Wildman–Crippen MR) is 84.4 cm³/mol. The molecule has 0 aromatic rings. The number of imide groups is 1. The molecule has 7 heteroatoms. The van der Waals surface area contributed by atoms with E-state index in [-0.39, 0.29) is 18.9 Å². The first-order valence-electron chi connectivity index (χ1n) is 6.86. The van der Waals surface area contributed by atoms with E-state index in [1.165, 1.54) is 4.90 Å². The van der Waals surface area contributed by atoms with E-state index in [2.05, 4.69) is 5.32 Å². The quantitative estimate of drug-likeness (QED) is 0.716. The Bertz CT molecular complexity index is 385. The number of nitrogens with zero attached hydrogens (tertiary/aromatic N) is 1. The monoisotopic (exact) mass is 318 g/mol. The van der Waals surface area contributed by atoms with Crippen molar-refractivity contribution >= 4 is 29.7 Å². The van der Waals surface area contributed by atoms with Gasteiger partial charge in [-0.3, -0.25) is 14.9 Å². The minimum absolute atomic E-state index is 0.00191. The third-order valence-corrected chi connectivity index (χ3v) is 3.88. The van der Waals surface area contributed by atoms with E-state index in [0.29, 0.717) is 0 Å². The molecule has 1 unspecified atom stereocenters. The zero-order valence-corrected chi connectivity index (χ0v) is 14.2. The summed E-state index contributed by atoms with van der Waals surface area (Å²) in [6, 6.07) is -0.406. The summed E-state index contributed by atoms with van der Waals surface area (Å²) >= 11 is 1.71. The van der Waals surface area contributed by atoms with Crippen LogP contribution in [0.5, 0.6) is 0 Å². The van der Waals surface area contributed by atoms with Gasteiger partial charge in [-0.05, 0) is 30.8 Å². The zero-order chi connectivity index (χ0) is 16.6. The van der Waals surface area contributed by atoms with Crippen LogP contribution in [0.25, 0.3) is 0 Å². The van der Waals surface area contributed by atoms with Gasteiger partial charge in [0.15, 0.2) is 0 Å². The Morgan fingerprint density at radius 3 is 2.33 bits per heavy atom. The summed E-state index contributed by atoms with van der Waals surface area (Å²) in [7, 11) is 1.65. The molecule has 0 saturated carbocycles. The number of carboxylic acid groups (broad SMARTS) is 1. The highest BCUT2D eigenvalue weighted by atomic mass is 32.2. The fraction of sp³-hybridized carbons (Fsp3) is 0.786. The maximum absolute atomic E-state index is 11.9. The number of carbonyl (C=O) groups excluding carboxylic acids is 2. The van der Waals surface area contributed by atoms with Crippen LogP contribution < -0.4 is 5.32 Å². The number of nitrogens with one attached hydrogen (secondary N) is 1. The van der Waals surface area contributed by atoms with Gasteiger partial charge in [-0.25, -0.2) is 4.79 Å². The number of hydrogen-bond donors (Lipinski definition) is 2. The van der Waals surface area contributed by atoms with E-state index >= 15 is 0 Å². The SMILES string of the molecule is CSCCC(C)N(C)C(=O)NC(=O)CC(C)(C)CC(=O)O. The molecule has 0 aromatic carbocycles. The summed E-state index contributed by atoms with van der Waals surface area (Å²) in [5, 5.41) is 11.1. The van der Waals surface area contributed by atoms with Crippen LogP contribution in [0.15, 0.2) is 0 Å². The Kier molecular flexibility index (Phi) is 8.39. The van der Waals surface area contributed by atoms with Gasteiger partial charge in [0, 0.05) is 19.5 Å². The maximum atomic E-state index is 11.9. The molecule has 3 amide bonds. The summed E-state index contributed by atoms with van der Waals surface area (Å²) in [4.78, 5) is 36.0. The highest BCUT2D eigenvalue weighted by molar-refractivity contribution is 7.98. The first kappa shape index (κ1) is 19.8. The minimum Gasteiger partial charge on any atom is -0.481 e. The number of carbonyl (C=O) groups is 3. The number of amides is 3. The topological polar surface area (TPSA) is 86.7 Å². The van der Waals surface area contributed by atoms with Crippen LogP contribution >= 0.6 is 11.8 Å². The van der Waals surface area contributed by atoms with Crippen molar-refractivity contribution in [1.29, 1.82) is 0 Å². The lowest BCUT2D eigenvalue weighted by Crippen LogP contribution is -2.45. The fourth-order valence-electron chi connectivity index (χ4n) is 1.84. The van der Waals surface area contributed by atoms with Gasteiger partial charge in [-0.1, -0.05) is 13.8 Å². The summed E-state index contributed by atoms with van der Waals surface area (Å²) in [6.07, 6.45) is 2.73. The molecule has 0 spiro atoms. The molecular weight excluding hydrogens is 292 g/mol. The standard InChI is InChI=1S/C14H26N2O4S/c1-10(6-7-21-5)16(4)13(20)15-11(17)8-14(2,3)9-12(18)19/h10H,6-9H2,1-5H3,(H,18,19)(H,15,17,20). The summed E-state index contributed by atoms with van der Waals surface area (Å²) in [5.41, 5.74) is -0.681. The first-order chi connectivity index (χ1) is 9.59. The van der Waals surface area contributed by atoms with Crippen molar-refractivity contribution in [3.8, 4) is 0 Å². The number of hydrogen-bond acceptors (Lipinski definition) is 4. The van der Waals surface area contributed by atoms with E-state index in [1.54, 1.807) is 32.7 Å². The number of thioether (sulfide) groups is 1. The number of rotatable bonds is 8. The highest BCUT2D eigenvalue weighted by Gasteiger charge is 2.27. The molecule has 0 rings (SSSR count). The molecule has 122 valence electrons. The Hall–Kier alpha value is -1.24. The molecule has 0 radical (unpaired) electrons. The number of urea groups is 1. The average molecular weight is 318 g/mol. The van der Waals surface area contributed by atoms with Crippen LogP contribution in [0.4, 0.5) is 4.79 Å². The van der Waals surface area contributed by atoms with Gasteiger partial charge >= 0.3 is 12.0 Å². The van der Waals surface area contributed by atoms with Gasteiger partial charge in [0.05, 0.1) is 6.42 Å². The van der Waals surface area contributed by atoms with Gasteiger partial charge in [-0.15, -0.1) is 0 Å². The number of aliphatic carboxylic acids is 1. The van der Waals surface area contributed by atoms with Crippen LogP contribution in [0.3, 0.4) is 0 Å². The third kappa shape index (κ3) is 8.60. The zero-order valence-electron chi connectivity index (χ0n) is 13.4. The Labute approximate surface area is 130 Å². The van der Waals surface area contributed by atoms with Gasteiger partial charge in [0.1, 0.15) is 0 Å². The van der Waals surface area contributed by atoms with E-state index in [1.807, 2.05) is 13.2 Å². The molecule has 2 N–H and O–H groups in total.